The fourth-order valence-corrected chi connectivity index (χ4v) is 3.51. The Labute approximate surface area is 146 Å². The molecule has 3 aromatic rings. The second-order valence-electron chi connectivity index (χ2n) is 6.57. The standard InChI is InChI=1S/C20H20N2O3/c1-12-5-6-14-17(10-12)25-19-16(24-2)8-7-15(18(14)19)20(23)22-13-4-3-9-21-11-13/h3-4,7-9,11-12H,5-6,10H2,1-2H3,(H,22,23). The van der Waals surface area contributed by atoms with E-state index in [0.717, 1.165) is 36.0 Å². The van der Waals surface area contributed by atoms with Crippen LogP contribution in [-0.4, -0.2) is 18.0 Å². The number of pyridine rings is 1. The number of ether oxygens (including phenoxy) is 1. The van der Waals surface area contributed by atoms with E-state index in [2.05, 4.69) is 17.2 Å². The number of rotatable bonds is 3. The number of carbonyl (C=O) groups is 1. The monoisotopic (exact) mass is 336 g/mol. The number of hydrogen-bond acceptors (Lipinski definition) is 4. The third-order valence-corrected chi connectivity index (χ3v) is 4.79. The minimum atomic E-state index is -0.164. The van der Waals surface area contributed by atoms with E-state index in [-0.39, 0.29) is 5.91 Å². The van der Waals surface area contributed by atoms with Crippen molar-refractivity contribution in [1.82, 2.24) is 4.98 Å². The van der Waals surface area contributed by atoms with Crippen LogP contribution in [0.2, 0.25) is 0 Å². The number of benzene rings is 1. The van der Waals surface area contributed by atoms with Crippen LogP contribution in [0.15, 0.2) is 41.1 Å². The minimum Gasteiger partial charge on any atom is -0.493 e. The summed E-state index contributed by atoms with van der Waals surface area (Å²) in [5, 5.41) is 3.79. The fourth-order valence-electron chi connectivity index (χ4n) is 3.51. The van der Waals surface area contributed by atoms with E-state index in [1.165, 1.54) is 0 Å². The molecule has 128 valence electrons. The van der Waals surface area contributed by atoms with Crippen LogP contribution in [0.25, 0.3) is 11.0 Å². The third kappa shape index (κ3) is 2.76. The first-order valence-electron chi connectivity index (χ1n) is 8.50. The van der Waals surface area contributed by atoms with Crippen LogP contribution < -0.4 is 10.1 Å². The number of fused-ring (bicyclic) bond motifs is 3. The fraction of sp³-hybridized carbons (Fsp3) is 0.300. The molecule has 1 N–H and O–H groups in total. The maximum atomic E-state index is 12.9. The normalized spacial score (nSPS) is 16.5. The van der Waals surface area contributed by atoms with Crippen LogP contribution in [-0.2, 0) is 12.8 Å². The molecule has 0 spiro atoms. The van der Waals surface area contributed by atoms with Gasteiger partial charge in [-0.3, -0.25) is 9.78 Å². The molecule has 0 bridgehead atoms. The first-order chi connectivity index (χ1) is 12.2. The van der Waals surface area contributed by atoms with E-state index in [1.807, 2.05) is 6.07 Å². The Kier molecular flexibility index (Phi) is 3.92. The van der Waals surface area contributed by atoms with Gasteiger partial charge in [-0.1, -0.05) is 6.92 Å². The van der Waals surface area contributed by atoms with Crippen molar-refractivity contribution >= 4 is 22.6 Å². The third-order valence-electron chi connectivity index (χ3n) is 4.79. The number of furan rings is 1. The average molecular weight is 336 g/mol. The number of hydrogen-bond donors (Lipinski definition) is 1. The van der Waals surface area contributed by atoms with Gasteiger partial charge in [-0.25, -0.2) is 0 Å². The number of nitrogens with zero attached hydrogens (tertiary/aromatic N) is 1. The number of carbonyl (C=O) groups excluding carboxylic acids is 1. The summed E-state index contributed by atoms with van der Waals surface area (Å²) in [6, 6.07) is 7.21. The number of anilines is 1. The van der Waals surface area contributed by atoms with Gasteiger partial charge in [0.05, 0.1) is 24.6 Å². The molecule has 1 unspecified atom stereocenters. The molecular weight excluding hydrogens is 316 g/mol. The lowest BCUT2D eigenvalue weighted by Gasteiger charge is -2.17. The largest absolute Gasteiger partial charge is 0.493 e. The predicted octanol–water partition coefficient (Wildman–Crippen LogP) is 4.21. The lowest BCUT2D eigenvalue weighted by molar-refractivity contribution is 0.102. The highest BCUT2D eigenvalue weighted by Crippen LogP contribution is 2.40. The molecule has 0 radical (unpaired) electrons. The first kappa shape index (κ1) is 15.7. The van der Waals surface area contributed by atoms with Crippen LogP contribution in [0.5, 0.6) is 5.75 Å². The summed E-state index contributed by atoms with van der Waals surface area (Å²) >= 11 is 0. The van der Waals surface area contributed by atoms with Gasteiger partial charge in [0, 0.05) is 23.6 Å². The van der Waals surface area contributed by atoms with Gasteiger partial charge in [-0.15, -0.1) is 0 Å². The number of nitrogens with one attached hydrogen (secondary N) is 1. The quantitative estimate of drug-likeness (QED) is 0.778. The van der Waals surface area contributed by atoms with E-state index in [0.29, 0.717) is 28.5 Å². The van der Waals surface area contributed by atoms with Crippen molar-refractivity contribution < 1.29 is 13.9 Å². The Morgan fingerprint density at radius 3 is 3.00 bits per heavy atom. The highest BCUT2D eigenvalue weighted by Gasteiger charge is 2.27. The second kappa shape index (κ2) is 6.24. The van der Waals surface area contributed by atoms with Crippen molar-refractivity contribution in [2.75, 3.05) is 12.4 Å². The highest BCUT2D eigenvalue weighted by atomic mass is 16.5. The molecule has 0 saturated heterocycles. The van der Waals surface area contributed by atoms with E-state index >= 15 is 0 Å². The van der Waals surface area contributed by atoms with Gasteiger partial charge < -0.3 is 14.5 Å². The van der Waals surface area contributed by atoms with E-state index in [1.54, 1.807) is 37.7 Å². The Balaban J connectivity index is 1.82. The van der Waals surface area contributed by atoms with Crippen LogP contribution >= 0.6 is 0 Å². The molecule has 0 saturated carbocycles. The Hall–Kier alpha value is -2.82. The number of amides is 1. The molecule has 4 rings (SSSR count). The van der Waals surface area contributed by atoms with Crippen LogP contribution in [0.3, 0.4) is 0 Å². The van der Waals surface area contributed by atoms with E-state index in [4.69, 9.17) is 9.15 Å². The highest BCUT2D eigenvalue weighted by molar-refractivity contribution is 6.14. The summed E-state index contributed by atoms with van der Waals surface area (Å²) in [5.41, 5.74) is 3.09. The van der Waals surface area contributed by atoms with Crippen molar-refractivity contribution in [3.63, 3.8) is 0 Å². The van der Waals surface area contributed by atoms with Crippen LogP contribution in [0.1, 0.15) is 35.0 Å². The van der Waals surface area contributed by atoms with Crippen LogP contribution in [0, 0.1) is 5.92 Å². The van der Waals surface area contributed by atoms with Crippen molar-refractivity contribution in [2.24, 2.45) is 5.92 Å². The summed E-state index contributed by atoms with van der Waals surface area (Å²) in [5.74, 6) is 2.07. The average Bonchev–Trinajstić information content (AvgIpc) is 3.00. The summed E-state index contributed by atoms with van der Waals surface area (Å²) in [7, 11) is 1.62. The van der Waals surface area contributed by atoms with Crippen LogP contribution in [0.4, 0.5) is 5.69 Å². The van der Waals surface area contributed by atoms with Gasteiger partial charge in [0.15, 0.2) is 11.3 Å². The van der Waals surface area contributed by atoms with Gasteiger partial charge >= 0.3 is 0 Å². The summed E-state index contributed by atoms with van der Waals surface area (Å²) < 4.78 is 11.6. The maximum Gasteiger partial charge on any atom is 0.256 e. The molecule has 1 amide bonds. The molecular formula is C20H20N2O3. The number of aryl methyl sites for hydroxylation is 1. The van der Waals surface area contributed by atoms with Gasteiger partial charge in [0.25, 0.3) is 5.91 Å². The molecule has 25 heavy (non-hydrogen) atoms. The zero-order valence-corrected chi connectivity index (χ0v) is 14.3. The smallest absolute Gasteiger partial charge is 0.256 e. The van der Waals surface area contributed by atoms with Gasteiger partial charge in [-0.2, -0.15) is 0 Å². The molecule has 2 aromatic heterocycles. The summed E-state index contributed by atoms with van der Waals surface area (Å²) in [6.07, 6.45) is 6.23. The predicted molar refractivity (Wildman–Crippen MR) is 96.1 cm³/mol. The molecule has 0 fully saturated rings. The zero-order valence-electron chi connectivity index (χ0n) is 14.3. The Morgan fingerprint density at radius 2 is 2.24 bits per heavy atom. The van der Waals surface area contributed by atoms with Gasteiger partial charge in [0.2, 0.25) is 0 Å². The zero-order chi connectivity index (χ0) is 17.4. The lowest BCUT2D eigenvalue weighted by atomic mass is 9.87. The van der Waals surface area contributed by atoms with Crippen molar-refractivity contribution in [2.45, 2.75) is 26.2 Å². The topological polar surface area (TPSA) is 64.4 Å². The molecule has 2 heterocycles. The first-order valence-corrected chi connectivity index (χ1v) is 8.50. The summed E-state index contributed by atoms with van der Waals surface area (Å²) in [4.78, 5) is 16.9. The lowest BCUT2D eigenvalue weighted by Crippen LogP contribution is -2.14. The number of aromatic nitrogens is 1. The van der Waals surface area contributed by atoms with E-state index < -0.39 is 0 Å². The summed E-state index contributed by atoms with van der Waals surface area (Å²) in [6.45, 7) is 2.23. The molecule has 1 aliphatic carbocycles. The van der Waals surface area contributed by atoms with E-state index in [9.17, 15) is 4.79 Å². The molecule has 5 nitrogen and oxygen atoms in total. The molecule has 1 atom stereocenters. The van der Waals surface area contributed by atoms with Crippen molar-refractivity contribution in [3.8, 4) is 5.75 Å². The van der Waals surface area contributed by atoms with Crippen molar-refractivity contribution in [1.29, 1.82) is 0 Å². The van der Waals surface area contributed by atoms with Crippen molar-refractivity contribution in [3.05, 3.63) is 53.5 Å². The molecule has 1 aromatic carbocycles. The number of methoxy groups -OCH3 is 1. The SMILES string of the molecule is COc1ccc(C(=O)Nc2cccnc2)c2c3c(oc12)CC(C)CC3. The maximum absolute atomic E-state index is 12.9. The second-order valence-corrected chi connectivity index (χ2v) is 6.57. The Morgan fingerprint density at radius 1 is 1.36 bits per heavy atom. The molecule has 5 heteroatoms. The molecule has 0 aliphatic heterocycles. The van der Waals surface area contributed by atoms with Gasteiger partial charge in [-0.05, 0) is 43.0 Å². The van der Waals surface area contributed by atoms with Gasteiger partial charge in [0.1, 0.15) is 5.76 Å². The Bertz CT molecular complexity index is 931. The molecule has 1 aliphatic rings. The minimum absolute atomic E-state index is 0.164.